The first-order valence-corrected chi connectivity index (χ1v) is 9.10. The number of halogens is 1. The smallest absolute Gasteiger partial charge is 0.225 e. The topological polar surface area (TPSA) is 44.4 Å². The van der Waals surface area contributed by atoms with Gasteiger partial charge in [-0.25, -0.2) is 0 Å². The molecule has 5 heteroatoms. The lowest BCUT2D eigenvalue weighted by Crippen LogP contribution is -2.51. The first-order valence-electron chi connectivity index (χ1n) is 9.10. The molecule has 3 rings (SSSR count). The Bertz CT molecular complexity index is 605. The van der Waals surface area contributed by atoms with E-state index >= 15 is 0 Å². The Kier molecular flexibility index (Phi) is 8.62. The molecule has 0 radical (unpaired) electrons. The Morgan fingerprint density at radius 1 is 0.962 bits per heavy atom. The lowest BCUT2D eigenvalue weighted by Gasteiger charge is -2.26. The number of nitrogens with one attached hydrogen (secondary N) is 2. The van der Waals surface area contributed by atoms with Gasteiger partial charge < -0.3 is 10.6 Å². The maximum Gasteiger partial charge on any atom is 0.225 e. The molecule has 0 unspecified atom stereocenters. The summed E-state index contributed by atoms with van der Waals surface area (Å²) in [5.41, 5.74) is 2.64. The number of carbonyl (C=O) groups is 1. The van der Waals surface area contributed by atoms with Gasteiger partial charge in [0.05, 0.1) is 5.92 Å². The van der Waals surface area contributed by atoms with Crippen molar-refractivity contribution in [2.45, 2.75) is 19.5 Å². The van der Waals surface area contributed by atoms with Gasteiger partial charge in [-0.05, 0) is 17.5 Å². The minimum absolute atomic E-state index is 0. The van der Waals surface area contributed by atoms with Crippen molar-refractivity contribution in [2.24, 2.45) is 5.92 Å². The minimum atomic E-state index is 0. The highest BCUT2D eigenvalue weighted by Crippen LogP contribution is 2.10. The van der Waals surface area contributed by atoms with E-state index in [1.165, 1.54) is 11.1 Å². The Morgan fingerprint density at radius 3 is 1.96 bits per heavy atom. The molecule has 0 spiro atoms. The molecule has 2 aromatic rings. The van der Waals surface area contributed by atoms with Crippen molar-refractivity contribution in [1.29, 1.82) is 0 Å². The summed E-state index contributed by atoms with van der Waals surface area (Å²) < 4.78 is 0. The monoisotopic (exact) mass is 373 g/mol. The highest BCUT2D eigenvalue weighted by Gasteiger charge is 2.24. The molecule has 1 aliphatic rings. The fraction of sp³-hybridized carbons (Fsp3) is 0.381. The van der Waals surface area contributed by atoms with E-state index in [2.05, 4.69) is 76.2 Å². The van der Waals surface area contributed by atoms with Crippen LogP contribution < -0.4 is 10.6 Å². The molecule has 0 aromatic heterocycles. The van der Waals surface area contributed by atoms with Crippen molar-refractivity contribution in [3.63, 3.8) is 0 Å². The molecule has 2 N–H and O–H groups in total. The predicted octanol–water partition coefficient (Wildman–Crippen LogP) is 2.84. The largest absolute Gasteiger partial charge is 0.356 e. The second kappa shape index (κ2) is 11.0. The predicted molar refractivity (Wildman–Crippen MR) is 108 cm³/mol. The van der Waals surface area contributed by atoms with Crippen LogP contribution in [0, 0.1) is 5.92 Å². The van der Waals surface area contributed by atoms with Crippen LogP contribution >= 0.6 is 12.4 Å². The fourth-order valence-electron chi connectivity index (χ4n) is 3.03. The van der Waals surface area contributed by atoms with Crippen LogP contribution in [0.3, 0.4) is 0 Å². The van der Waals surface area contributed by atoms with Crippen molar-refractivity contribution < 1.29 is 4.79 Å². The van der Waals surface area contributed by atoms with Crippen LogP contribution in [-0.2, 0) is 17.9 Å². The van der Waals surface area contributed by atoms with Crippen molar-refractivity contribution in [2.75, 3.05) is 26.2 Å². The zero-order valence-electron chi connectivity index (χ0n) is 15.1. The molecule has 1 fully saturated rings. The third kappa shape index (κ3) is 6.45. The second-order valence-corrected chi connectivity index (χ2v) is 6.68. The van der Waals surface area contributed by atoms with Crippen LogP contribution in [-0.4, -0.2) is 37.0 Å². The van der Waals surface area contributed by atoms with Crippen molar-refractivity contribution in [3.05, 3.63) is 71.8 Å². The third-order valence-electron chi connectivity index (χ3n) is 4.60. The van der Waals surface area contributed by atoms with Gasteiger partial charge in [0, 0.05) is 39.3 Å². The Balaban J connectivity index is 0.00000243. The molecule has 0 aliphatic carbocycles. The second-order valence-electron chi connectivity index (χ2n) is 6.68. The highest BCUT2D eigenvalue weighted by atomic mass is 35.5. The van der Waals surface area contributed by atoms with E-state index < -0.39 is 0 Å². The van der Waals surface area contributed by atoms with E-state index in [4.69, 9.17) is 0 Å². The summed E-state index contributed by atoms with van der Waals surface area (Å²) in [6.07, 6.45) is 0.964. The number of carbonyl (C=O) groups excluding carboxylic acids is 1. The number of hydrogen-bond donors (Lipinski definition) is 2. The average molecular weight is 374 g/mol. The summed E-state index contributed by atoms with van der Waals surface area (Å²) in [5, 5.41) is 6.20. The maximum atomic E-state index is 11.9. The van der Waals surface area contributed by atoms with E-state index in [1.54, 1.807) is 0 Å². The molecule has 0 bridgehead atoms. The zero-order chi connectivity index (χ0) is 17.3. The van der Waals surface area contributed by atoms with Crippen LogP contribution in [0.2, 0.25) is 0 Å². The number of amides is 1. The fourth-order valence-corrected chi connectivity index (χ4v) is 3.03. The molecule has 4 nitrogen and oxygen atoms in total. The standard InChI is InChI=1S/C21H27N3O.ClH/c25-21(20-14-22-15-20)23-12-7-13-24(16-18-8-3-1-4-9-18)17-19-10-5-2-6-11-19;/h1-6,8-11,20,22H,7,12-17H2,(H,23,25);1H. The molecule has 0 atom stereocenters. The van der Waals surface area contributed by atoms with E-state index in [9.17, 15) is 4.79 Å². The molecular weight excluding hydrogens is 346 g/mol. The molecule has 2 aromatic carbocycles. The third-order valence-corrected chi connectivity index (χ3v) is 4.60. The van der Waals surface area contributed by atoms with E-state index in [0.29, 0.717) is 0 Å². The van der Waals surface area contributed by atoms with Crippen LogP contribution in [0.15, 0.2) is 60.7 Å². The minimum Gasteiger partial charge on any atom is -0.356 e. The number of benzene rings is 2. The summed E-state index contributed by atoms with van der Waals surface area (Å²) in [6.45, 7) is 5.20. The Hall–Kier alpha value is -1.88. The summed E-state index contributed by atoms with van der Waals surface area (Å²) in [7, 11) is 0. The number of nitrogens with zero attached hydrogens (tertiary/aromatic N) is 1. The zero-order valence-corrected chi connectivity index (χ0v) is 15.9. The van der Waals surface area contributed by atoms with Crippen molar-refractivity contribution in [3.8, 4) is 0 Å². The van der Waals surface area contributed by atoms with Crippen molar-refractivity contribution in [1.82, 2.24) is 15.5 Å². The Morgan fingerprint density at radius 2 is 1.50 bits per heavy atom. The molecule has 1 heterocycles. The van der Waals surface area contributed by atoms with Crippen molar-refractivity contribution >= 4 is 18.3 Å². The molecule has 26 heavy (non-hydrogen) atoms. The molecule has 1 saturated heterocycles. The van der Waals surface area contributed by atoms with Gasteiger partial charge in [0.15, 0.2) is 0 Å². The highest BCUT2D eigenvalue weighted by molar-refractivity contribution is 5.85. The Labute approximate surface area is 162 Å². The average Bonchev–Trinajstić information content (AvgIpc) is 2.59. The van der Waals surface area contributed by atoms with Gasteiger partial charge in [0.25, 0.3) is 0 Å². The first kappa shape index (κ1) is 20.4. The quantitative estimate of drug-likeness (QED) is 0.664. The lowest BCUT2D eigenvalue weighted by atomic mass is 10.0. The van der Waals surface area contributed by atoms with Gasteiger partial charge >= 0.3 is 0 Å². The van der Waals surface area contributed by atoms with Crippen LogP contribution in [0.4, 0.5) is 0 Å². The van der Waals surface area contributed by atoms with Gasteiger partial charge in [-0.2, -0.15) is 0 Å². The lowest BCUT2D eigenvalue weighted by molar-refractivity contribution is -0.126. The van der Waals surface area contributed by atoms with Crippen LogP contribution in [0.5, 0.6) is 0 Å². The summed E-state index contributed by atoms with van der Waals surface area (Å²) in [4.78, 5) is 14.3. The summed E-state index contributed by atoms with van der Waals surface area (Å²) >= 11 is 0. The number of rotatable bonds is 9. The molecule has 0 saturated carbocycles. The van der Waals surface area contributed by atoms with Gasteiger partial charge in [-0.3, -0.25) is 9.69 Å². The van der Waals surface area contributed by atoms with E-state index in [0.717, 1.165) is 45.7 Å². The van der Waals surface area contributed by atoms with Crippen LogP contribution in [0.25, 0.3) is 0 Å². The summed E-state index contributed by atoms with van der Waals surface area (Å²) in [6, 6.07) is 21.1. The molecule has 1 amide bonds. The van der Waals surface area contributed by atoms with E-state index in [1.807, 2.05) is 0 Å². The SMILES string of the molecule is Cl.O=C(NCCCN(Cc1ccccc1)Cc1ccccc1)C1CNC1. The molecule has 140 valence electrons. The first-order chi connectivity index (χ1) is 12.3. The van der Waals surface area contributed by atoms with Gasteiger partial charge in [-0.1, -0.05) is 60.7 Å². The summed E-state index contributed by atoms with van der Waals surface area (Å²) in [5.74, 6) is 0.362. The molecular formula is C21H28ClN3O. The molecule has 1 aliphatic heterocycles. The van der Waals surface area contributed by atoms with Gasteiger partial charge in [0.2, 0.25) is 5.91 Å². The normalized spacial score (nSPS) is 13.7. The van der Waals surface area contributed by atoms with Gasteiger partial charge in [0.1, 0.15) is 0 Å². The maximum absolute atomic E-state index is 11.9. The van der Waals surface area contributed by atoms with Crippen LogP contribution in [0.1, 0.15) is 17.5 Å². The van der Waals surface area contributed by atoms with Gasteiger partial charge in [-0.15, -0.1) is 12.4 Å². The van der Waals surface area contributed by atoms with E-state index in [-0.39, 0.29) is 24.2 Å². The number of hydrogen-bond acceptors (Lipinski definition) is 3.